The SMILES string of the molecule is Cc1cc(C)nc(SCC(=O)N/N=C\c2ccc(OCc3ccc(Cl)c(Cl)c3)cc2)n1. The van der Waals surface area contributed by atoms with E-state index >= 15 is 0 Å². The maximum atomic E-state index is 12.0. The Morgan fingerprint density at radius 2 is 1.77 bits per heavy atom. The van der Waals surface area contributed by atoms with Crippen LogP contribution in [0.1, 0.15) is 22.5 Å². The van der Waals surface area contributed by atoms with E-state index in [0.717, 1.165) is 22.5 Å². The van der Waals surface area contributed by atoms with Crippen LogP contribution in [0.25, 0.3) is 0 Å². The highest BCUT2D eigenvalue weighted by Crippen LogP contribution is 2.23. The molecule has 160 valence electrons. The van der Waals surface area contributed by atoms with Crippen molar-refractivity contribution in [2.75, 3.05) is 5.75 Å². The highest BCUT2D eigenvalue weighted by Gasteiger charge is 2.05. The third kappa shape index (κ3) is 7.54. The zero-order chi connectivity index (χ0) is 22.2. The number of hydrogen-bond donors (Lipinski definition) is 1. The first-order valence-corrected chi connectivity index (χ1v) is 11.1. The molecule has 0 aliphatic carbocycles. The number of aromatic nitrogens is 2. The van der Waals surface area contributed by atoms with Crippen LogP contribution in [0.15, 0.2) is 58.8 Å². The zero-order valence-corrected chi connectivity index (χ0v) is 19.3. The number of hydrazone groups is 1. The maximum absolute atomic E-state index is 12.0. The first-order chi connectivity index (χ1) is 14.9. The number of halogens is 2. The lowest BCUT2D eigenvalue weighted by Gasteiger charge is -2.07. The van der Waals surface area contributed by atoms with Crippen molar-refractivity contribution in [3.8, 4) is 5.75 Å². The smallest absolute Gasteiger partial charge is 0.250 e. The topological polar surface area (TPSA) is 76.5 Å². The molecule has 0 atom stereocenters. The minimum atomic E-state index is -0.231. The summed E-state index contributed by atoms with van der Waals surface area (Å²) in [5.41, 5.74) is 6.00. The molecule has 0 aliphatic heterocycles. The molecular formula is C22H20Cl2N4O2S. The molecule has 0 fully saturated rings. The fraction of sp³-hybridized carbons (Fsp3) is 0.182. The third-order valence-electron chi connectivity index (χ3n) is 3.97. The number of hydrogen-bond acceptors (Lipinski definition) is 6. The number of carbonyl (C=O) groups excluding carboxylic acids is 1. The minimum absolute atomic E-state index is 0.182. The predicted molar refractivity (Wildman–Crippen MR) is 125 cm³/mol. The van der Waals surface area contributed by atoms with E-state index in [4.69, 9.17) is 27.9 Å². The molecule has 0 saturated carbocycles. The lowest BCUT2D eigenvalue weighted by Crippen LogP contribution is -2.19. The van der Waals surface area contributed by atoms with Gasteiger partial charge in [0.15, 0.2) is 5.16 Å². The molecule has 1 aromatic heterocycles. The Labute approximate surface area is 195 Å². The van der Waals surface area contributed by atoms with Crippen molar-refractivity contribution in [2.45, 2.75) is 25.6 Å². The standard InChI is InChI=1S/C22H20Cl2N4O2S/c1-14-9-15(2)27-22(26-14)31-13-21(29)28-25-11-16-3-6-18(7-4-16)30-12-17-5-8-19(23)20(24)10-17/h3-11H,12-13H2,1-2H3,(H,28,29)/b25-11-. The maximum Gasteiger partial charge on any atom is 0.250 e. The van der Waals surface area contributed by atoms with Gasteiger partial charge in [0.25, 0.3) is 5.91 Å². The first-order valence-electron chi connectivity index (χ1n) is 9.33. The minimum Gasteiger partial charge on any atom is -0.489 e. The zero-order valence-electron chi connectivity index (χ0n) is 16.9. The summed E-state index contributed by atoms with van der Waals surface area (Å²) in [4.78, 5) is 20.5. The number of ether oxygens (including phenoxy) is 1. The Kier molecular flexibility index (Phi) is 8.28. The molecule has 0 radical (unpaired) electrons. The van der Waals surface area contributed by atoms with Crippen molar-refractivity contribution in [1.82, 2.24) is 15.4 Å². The summed E-state index contributed by atoms with van der Waals surface area (Å²) in [6, 6.07) is 14.6. The molecule has 0 saturated heterocycles. The summed E-state index contributed by atoms with van der Waals surface area (Å²) < 4.78 is 5.74. The number of amides is 1. The Morgan fingerprint density at radius 3 is 2.45 bits per heavy atom. The lowest BCUT2D eigenvalue weighted by molar-refractivity contribution is -0.118. The molecule has 3 aromatic rings. The average Bonchev–Trinajstić information content (AvgIpc) is 2.73. The van der Waals surface area contributed by atoms with Crippen LogP contribution in [0.5, 0.6) is 5.75 Å². The van der Waals surface area contributed by atoms with Crippen LogP contribution in [0.2, 0.25) is 10.0 Å². The summed E-state index contributed by atoms with van der Waals surface area (Å²) >= 11 is 13.2. The Bertz CT molecular complexity index is 1070. The van der Waals surface area contributed by atoms with E-state index in [1.54, 1.807) is 18.3 Å². The van der Waals surface area contributed by atoms with E-state index in [0.29, 0.717) is 27.6 Å². The van der Waals surface area contributed by atoms with E-state index in [1.807, 2.05) is 50.2 Å². The van der Waals surface area contributed by atoms with Crippen molar-refractivity contribution in [3.63, 3.8) is 0 Å². The highest BCUT2D eigenvalue weighted by molar-refractivity contribution is 7.99. The molecule has 31 heavy (non-hydrogen) atoms. The van der Waals surface area contributed by atoms with Crippen molar-refractivity contribution < 1.29 is 9.53 Å². The number of nitrogens with zero attached hydrogens (tertiary/aromatic N) is 3. The van der Waals surface area contributed by atoms with Gasteiger partial charge < -0.3 is 4.74 Å². The van der Waals surface area contributed by atoms with Crippen LogP contribution in [0, 0.1) is 13.8 Å². The molecule has 6 nitrogen and oxygen atoms in total. The number of nitrogens with one attached hydrogen (secondary N) is 1. The molecule has 0 bridgehead atoms. The van der Waals surface area contributed by atoms with E-state index in [1.165, 1.54) is 11.8 Å². The summed E-state index contributed by atoms with van der Waals surface area (Å²) in [5.74, 6) is 0.657. The van der Waals surface area contributed by atoms with Gasteiger partial charge in [0.2, 0.25) is 0 Å². The molecule has 1 amide bonds. The molecule has 2 aromatic carbocycles. The van der Waals surface area contributed by atoms with Gasteiger partial charge >= 0.3 is 0 Å². The van der Waals surface area contributed by atoms with Crippen LogP contribution >= 0.6 is 35.0 Å². The van der Waals surface area contributed by atoms with Gasteiger partial charge in [0.1, 0.15) is 12.4 Å². The number of rotatable bonds is 8. The Morgan fingerprint density at radius 1 is 1.06 bits per heavy atom. The van der Waals surface area contributed by atoms with Crippen molar-refractivity contribution >= 4 is 47.1 Å². The summed E-state index contributed by atoms with van der Waals surface area (Å²) in [5, 5.41) is 5.57. The van der Waals surface area contributed by atoms with Crippen molar-refractivity contribution in [1.29, 1.82) is 0 Å². The quantitative estimate of drug-likeness (QED) is 0.209. The number of benzene rings is 2. The van der Waals surface area contributed by atoms with Crippen LogP contribution in [0.4, 0.5) is 0 Å². The van der Waals surface area contributed by atoms with E-state index < -0.39 is 0 Å². The molecule has 3 rings (SSSR count). The van der Waals surface area contributed by atoms with E-state index in [2.05, 4.69) is 20.5 Å². The van der Waals surface area contributed by atoms with Crippen LogP contribution in [-0.2, 0) is 11.4 Å². The van der Waals surface area contributed by atoms with E-state index in [9.17, 15) is 4.79 Å². The summed E-state index contributed by atoms with van der Waals surface area (Å²) in [6.07, 6.45) is 1.57. The lowest BCUT2D eigenvalue weighted by atomic mass is 10.2. The fourth-order valence-corrected chi connectivity index (χ4v) is 3.61. The Hall–Kier alpha value is -2.61. The molecule has 1 N–H and O–H groups in total. The largest absolute Gasteiger partial charge is 0.489 e. The van der Waals surface area contributed by atoms with Gasteiger partial charge in [-0.1, -0.05) is 41.0 Å². The number of carbonyl (C=O) groups is 1. The van der Waals surface area contributed by atoms with Crippen LogP contribution < -0.4 is 10.2 Å². The van der Waals surface area contributed by atoms with Gasteiger partial charge in [-0.25, -0.2) is 15.4 Å². The second kappa shape index (κ2) is 11.1. The summed E-state index contributed by atoms with van der Waals surface area (Å²) in [6.45, 7) is 4.17. The normalized spacial score (nSPS) is 11.0. The van der Waals surface area contributed by atoms with Crippen LogP contribution in [0.3, 0.4) is 0 Å². The van der Waals surface area contributed by atoms with Gasteiger partial charge in [-0.15, -0.1) is 0 Å². The highest BCUT2D eigenvalue weighted by atomic mass is 35.5. The molecule has 1 heterocycles. The summed E-state index contributed by atoms with van der Waals surface area (Å²) in [7, 11) is 0. The van der Waals surface area contributed by atoms with Crippen molar-refractivity contribution in [2.24, 2.45) is 5.10 Å². The average molecular weight is 475 g/mol. The monoisotopic (exact) mass is 474 g/mol. The predicted octanol–water partition coefficient (Wildman–Crippen LogP) is 5.22. The third-order valence-corrected chi connectivity index (χ3v) is 5.55. The molecular weight excluding hydrogens is 455 g/mol. The number of aryl methyl sites for hydroxylation is 2. The molecule has 0 aliphatic rings. The van der Waals surface area contributed by atoms with Crippen LogP contribution in [-0.4, -0.2) is 27.8 Å². The molecule has 0 spiro atoms. The van der Waals surface area contributed by atoms with E-state index in [-0.39, 0.29) is 11.7 Å². The van der Waals surface area contributed by atoms with Gasteiger partial charge in [-0.05, 0) is 67.4 Å². The van der Waals surface area contributed by atoms with Gasteiger partial charge in [0, 0.05) is 11.4 Å². The number of thioether (sulfide) groups is 1. The van der Waals surface area contributed by atoms with Crippen molar-refractivity contribution in [3.05, 3.63) is 81.1 Å². The van der Waals surface area contributed by atoms with Gasteiger partial charge in [-0.3, -0.25) is 4.79 Å². The molecule has 9 heteroatoms. The Balaban J connectivity index is 1.44. The van der Waals surface area contributed by atoms with Gasteiger partial charge in [0.05, 0.1) is 22.0 Å². The fourth-order valence-electron chi connectivity index (χ4n) is 2.55. The second-order valence-electron chi connectivity index (χ2n) is 6.62. The van der Waals surface area contributed by atoms with Gasteiger partial charge in [-0.2, -0.15) is 5.10 Å². The second-order valence-corrected chi connectivity index (χ2v) is 8.38. The molecule has 0 unspecified atom stereocenters. The first kappa shape index (κ1) is 23.1.